The third kappa shape index (κ3) is 4.59. The fraction of sp³-hybridized carbons (Fsp3) is 0.200. The average molecular weight is 499 g/mol. The van der Waals surface area contributed by atoms with Crippen molar-refractivity contribution in [1.82, 2.24) is 10.6 Å². The van der Waals surface area contributed by atoms with Crippen LogP contribution in [0.5, 0.6) is 17.2 Å². The number of aromatic hydroxyl groups is 1. The van der Waals surface area contributed by atoms with Gasteiger partial charge in [0.1, 0.15) is 17.7 Å². The second kappa shape index (κ2) is 9.63. The van der Waals surface area contributed by atoms with Crippen LogP contribution in [-0.2, 0) is 0 Å². The summed E-state index contributed by atoms with van der Waals surface area (Å²) in [6.45, 7) is 2.30. The summed E-state index contributed by atoms with van der Waals surface area (Å²) >= 11 is 3.43. The zero-order valence-corrected chi connectivity index (χ0v) is 19.3. The lowest BCUT2D eigenvalue weighted by molar-refractivity contribution is 0.314. The molecule has 0 amide bonds. The molecule has 2 atom stereocenters. The maximum Gasteiger partial charge on any atom is 0.162 e. The predicted molar refractivity (Wildman–Crippen MR) is 126 cm³/mol. The van der Waals surface area contributed by atoms with Crippen LogP contribution in [0.15, 0.2) is 71.2 Å². The van der Waals surface area contributed by atoms with Crippen molar-refractivity contribution in [2.75, 3.05) is 13.7 Å². The standard InChI is InChI=1S/C25H24BrFN2O3/c1-3-32-23-6-4-5-18(24(23)30)22-14-21(15-7-10-17(31-2)11-8-15)28-25(29-22)19-13-16(26)9-12-20(19)27/h4-14,22,25,28-30H,3H2,1-2H3. The summed E-state index contributed by atoms with van der Waals surface area (Å²) < 4.78 is 26.3. The van der Waals surface area contributed by atoms with Gasteiger partial charge in [-0.15, -0.1) is 0 Å². The minimum atomic E-state index is -0.533. The van der Waals surface area contributed by atoms with E-state index in [2.05, 4.69) is 26.6 Å². The highest BCUT2D eigenvalue weighted by Crippen LogP contribution is 2.38. The molecule has 1 aliphatic heterocycles. The molecular weight excluding hydrogens is 475 g/mol. The number of halogens is 2. The lowest BCUT2D eigenvalue weighted by atomic mass is 9.97. The predicted octanol–water partition coefficient (Wildman–Crippen LogP) is 5.67. The maximum absolute atomic E-state index is 14.7. The van der Waals surface area contributed by atoms with Crippen molar-refractivity contribution < 1.29 is 19.0 Å². The van der Waals surface area contributed by atoms with Gasteiger partial charge >= 0.3 is 0 Å². The van der Waals surface area contributed by atoms with Gasteiger partial charge in [0.05, 0.1) is 19.8 Å². The summed E-state index contributed by atoms with van der Waals surface area (Å²) in [7, 11) is 1.62. The van der Waals surface area contributed by atoms with Crippen molar-refractivity contribution in [2.45, 2.75) is 19.1 Å². The van der Waals surface area contributed by atoms with Crippen LogP contribution < -0.4 is 20.1 Å². The molecule has 1 heterocycles. The van der Waals surface area contributed by atoms with Gasteiger partial charge in [-0.3, -0.25) is 5.32 Å². The fourth-order valence-electron chi connectivity index (χ4n) is 3.73. The summed E-state index contributed by atoms with van der Waals surface area (Å²) in [4.78, 5) is 0. The quantitative estimate of drug-likeness (QED) is 0.408. The molecule has 0 bridgehead atoms. The highest BCUT2D eigenvalue weighted by Gasteiger charge is 2.28. The minimum Gasteiger partial charge on any atom is -0.504 e. The van der Waals surface area contributed by atoms with Crippen LogP contribution in [0.2, 0.25) is 0 Å². The number of hydrogen-bond donors (Lipinski definition) is 3. The van der Waals surface area contributed by atoms with Gasteiger partial charge in [-0.05, 0) is 67.1 Å². The first-order valence-electron chi connectivity index (χ1n) is 10.3. The number of rotatable bonds is 6. The molecule has 7 heteroatoms. The molecule has 32 heavy (non-hydrogen) atoms. The maximum atomic E-state index is 14.7. The Balaban J connectivity index is 1.78. The Bertz CT molecular complexity index is 1130. The number of ether oxygens (including phenoxy) is 2. The van der Waals surface area contributed by atoms with E-state index in [9.17, 15) is 9.50 Å². The summed E-state index contributed by atoms with van der Waals surface area (Å²) in [6.07, 6.45) is 1.44. The summed E-state index contributed by atoms with van der Waals surface area (Å²) in [5.41, 5.74) is 2.83. The van der Waals surface area contributed by atoms with E-state index in [4.69, 9.17) is 9.47 Å². The molecule has 4 rings (SSSR count). The van der Waals surface area contributed by atoms with Crippen molar-refractivity contribution >= 4 is 21.6 Å². The van der Waals surface area contributed by atoms with Crippen molar-refractivity contribution in [3.63, 3.8) is 0 Å². The van der Waals surface area contributed by atoms with Crippen LogP contribution in [0.3, 0.4) is 0 Å². The molecule has 3 aromatic rings. The van der Waals surface area contributed by atoms with Gasteiger partial charge in [0.25, 0.3) is 0 Å². The number of hydrogen-bond acceptors (Lipinski definition) is 5. The Morgan fingerprint density at radius 3 is 2.56 bits per heavy atom. The number of phenolic OH excluding ortho intramolecular Hbond substituents is 1. The average Bonchev–Trinajstić information content (AvgIpc) is 2.82. The van der Waals surface area contributed by atoms with Crippen molar-refractivity contribution in [3.8, 4) is 17.2 Å². The first-order chi connectivity index (χ1) is 15.5. The second-order valence-electron chi connectivity index (χ2n) is 7.32. The summed E-state index contributed by atoms with van der Waals surface area (Å²) in [5.74, 6) is 0.888. The molecule has 166 valence electrons. The van der Waals surface area contributed by atoms with E-state index < -0.39 is 12.2 Å². The Morgan fingerprint density at radius 2 is 1.84 bits per heavy atom. The Morgan fingerprint density at radius 1 is 1.06 bits per heavy atom. The molecule has 0 fully saturated rings. The number of para-hydroxylation sites is 1. The highest BCUT2D eigenvalue weighted by molar-refractivity contribution is 9.10. The highest BCUT2D eigenvalue weighted by atomic mass is 79.9. The summed E-state index contributed by atoms with van der Waals surface area (Å²) in [6, 6.07) is 17.4. The first-order valence-corrected chi connectivity index (χ1v) is 11.1. The smallest absolute Gasteiger partial charge is 0.162 e. The first kappa shape index (κ1) is 22.2. The third-order valence-electron chi connectivity index (χ3n) is 5.31. The molecule has 0 radical (unpaired) electrons. The molecule has 0 aliphatic carbocycles. The largest absolute Gasteiger partial charge is 0.504 e. The molecule has 3 N–H and O–H groups in total. The molecule has 0 saturated carbocycles. The van der Waals surface area contributed by atoms with Gasteiger partial charge < -0.3 is 19.9 Å². The van der Waals surface area contributed by atoms with E-state index in [0.717, 1.165) is 21.5 Å². The van der Waals surface area contributed by atoms with Gasteiger partial charge in [0.15, 0.2) is 11.5 Å². The number of phenols is 1. The number of benzene rings is 3. The molecule has 3 aromatic carbocycles. The lowest BCUT2D eigenvalue weighted by Crippen LogP contribution is -2.40. The Hall–Kier alpha value is -3.03. The van der Waals surface area contributed by atoms with E-state index in [1.54, 1.807) is 25.3 Å². The Labute approximate surface area is 195 Å². The van der Waals surface area contributed by atoms with E-state index >= 15 is 0 Å². The van der Waals surface area contributed by atoms with Crippen LogP contribution >= 0.6 is 15.9 Å². The molecule has 0 spiro atoms. The van der Waals surface area contributed by atoms with Crippen LogP contribution in [0.1, 0.15) is 35.8 Å². The summed E-state index contributed by atoms with van der Waals surface area (Å²) in [5, 5.41) is 17.6. The second-order valence-corrected chi connectivity index (χ2v) is 8.24. The molecule has 5 nitrogen and oxygen atoms in total. The SMILES string of the molecule is CCOc1cccc(C2C=C(c3ccc(OC)cc3)NC(c3cc(Br)ccc3F)N2)c1O. The third-order valence-corrected chi connectivity index (χ3v) is 5.81. The van der Waals surface area contributed by atoms with E-state index in [1.807, 2.05) is 49.4 Å². The number of methoxy groups -OCH3 is 1. The van der Waals surface area contributed by atoms with Gasteiger partial charge in [-0.2, -0.15) is 0 Å². The van der Waals surface area contributed by atoms with Gasteiger partial charge in [-0.1, -0.05) is 28.1 Å². The topological polar surface area (TPSA) is 62.8 Å². The zero-order chi connectivity index (χ0) is 22.7. The molecular formula is C25H24BrFN2O3. The van der Waals surface area contributed by atoms with Crippen molar-refractivity contribution in [1.29, 1.82) is 0 Å². The Kier molecular flexibility index (Phi) is 6.67. The van der Waals surface area contributed by atoms with Gasteiger partial charge in [0.2, 0.25) is 0 Å². The normalized spacial score (nSPS) is 17.9. The van der Waals surface area contributed by atoms with Crippen molar-refractivity contribution in [2.24, 2.45) is 0 Å². The van der Waals surface area contributed by atoms with Crippen LogP contribution in [0, 0.1) is 5.82 Å². The monoisotopic (exact) mass is 498 g/mol. The van der Waals surface area contributed by atoms with Crippen LogP contribution in [-0.4, -0.2) is 18.8 Å². The molecule has 0 saturated heterocycles. The molecule has 0 aromatic heterocycles. The van der Waals surface area contributed by atoms with Crippen LogP contribution in [0.4, 0.5) is 4.39 Å². The van der Waals surface area contributed by atoms with Gasteiger partial charge in [-0.25, -0.2) is 4.39 Å². The fourth-order valence-corrected chi connectivity index (χ4v) is 4.11. The lowest BCUT2D eigenvalue weighted by Gasteiger charge is -2.33. The van der Waals surface area contributed by atoms with Crippen molar-refractivity contribution in [3.05, 3.63) is 93.7 Å². The molecule has 1 aliphatic rings. The van der Waals surface area contributed by atoms with E-state index in [1.165, 1.54) is 6.07 Å². The van der Waals surface area contributed by atoms with E-state index in [-0.39, 0.29) is 11.6 Å². The number of nitrogens with one attached hydrogen (secondary N) is 2. The minimum absolute atomic E-state index is 0.0625. The molecule has 2 unspecified atom stereocenters. The van der Waals surface area contributed by atoms with Gasteiger partial charge in [0, 0.05) is 21.3 Å². The van der Waals surface area contributed by atoms with Crippen LogP contribution in [0.25, 0.3) is 5.70 Å². The zero-order valence-electron chi connectivity index (χ0n) is 17.7. The van der Waals surface area contributed by atoms with E-state index in [0.29, 0.717) is 23.5 Å².